The minimum atomic E-state index is -0.523. The van der Waals surface area contributed by atoms with Crippen LogP contribution in [0.1, 0.15) is 20.7 Å². The molecule has 0 amide bonds. The third-order valence-electron chi connectivity index (χ3n) is 3.32. The van der Waals surface area contributed by atoms with E-state index in [-0.39, 0.29) is 12.4 Å². The second-order valence-corrected chi connectivity index (χ2v) is 5.18. The molecule has 5 heteroatoms. The van der Waals surface area contributed by atoms with Crippen LogP contribution >= 0.6 is 0 Å². The molecule has 0 saturated heterocycles. The maximum atomic E-state index is 12.1. The molecule has 120 valence electrons. The Morgan fingerprint density at radius 2 is 1.70 bits per heavy atom. The molecule has 0 N–H and O–H groups in total. The molecule has 0 aromatic heterocycles. The Labute approximate surface area is 135 Å². The first-order chi connectivity index (χ1) is 11.0. The van der Waals surface area contributed by atoms with Crippen LogP contribution in [-0.4, -0.2) is 39.6 Å². The summed E-state index contributed by atoms with van der Waals surface area (Å²) in [6.45, 7) is -0.307. The standard InChI is InChI=1S/C18H19NO4/c1-19(2)15-8-4-7-14(10-15)18(21)23-12-17(20)13-6-5-9-16(11-13)22-3/h4-11H,12H2,1-3H3. The molecular weight excluding hydrogens is 294 g/mol. The molecule has 0 fully saturated rings. The van der Waals surface area contributed by atoms with Gasteiger partial charge in [0.05, 0.1) is 12.7 Å². The highest BCUT2D eigenvalue weighted by Gasteiger charge is 2.13. The number of carbonyl (C=O) groups is 2. The summed E-state index contributed by atoms with van der Waals surface area (Å²) in [5.74, 6) is -0.216. The number of rotatable bonds is 6. The van der Waals surface area contributed by atoms with E-state index in [0.29, 0.717) is 16.9 Å². The number of nitrogens with zero attached hydrogens (tertiary/aromatic N) is 1. The molecule has 0 radical (unpaired) electrons. The van der Waals surface area contributed by atoms with Gasteiger partial charge in [0.2, 0.25) is 0 Å². The van der Waals surface area contributed by atoms with Crippen LogP contribution in [0.5, 0.6) is 5.75 Å². The van der Waals surface area contributed by atoms with Gasteiger partial charge in [-0.25, -0.2) is 4.79 Å². The van der Waals surface area contributed by atoms with E-state index in [1.807, 2.05) is 25.1 Å². The molecular formula is C18H19NO4. The van der Waals surface area contributed by atoms with Crippen LogP contribution in [0.4, 0.5) is 5.69 Å². The zero-order valence-corrected chi connectivity index (χ0v) is 13.4. The lowest BCUT2D eigenvalue weighted by atomic mass is 10.1. The monoisotopic (exact) mass is 313 g/mol. The zero-order chi connectivity index (χ0) is 16.8. The second-order valence-electron chi connectivity index (χ2n) is 5.18. The largest absolute Gasteiger partial charge is 0.497 e. The summed E-state index contributed by atoms with van der Waals surface area (Å²) in [6, 6.07) is 13.8. The number of ether oxygens (including phenoxy) is 2. The number of hydrogen-bond acceptors (Lipinski definition) is 5. The predicted molar refractivity (Wildman–Crippen MR) is 88.4 cm³/mol. The van der Waals surface area contributed by atoms with Crippen molar-refractivity contribution in [3.63, 3.8) is 0 Å². The number of ketones is 1. The van der Waals surface area contributed by atoms with E-state index in [1.54, 1.807) is 42.5 Å². The quantitative estimate of drug-likeness (QED) is 0.606. The van der Waals surface area contributed by atoms with Gasteiger partial charge < -0.3 is 14.4 Å². The maximum Gasteiger partial charge on any atom is 0.338 e. The molecule has 2 rings (SSSR count). The predicted octanol–water partition coefficient (Wildman–Crippen LogP) is 2.80. The summed E-state index contributed by atoms with van der Waals surface area (Å²) in [4.78, 5) is 26.0. The fourth-order valence-electron chi connectivity index (χ4n) is 2.01. The van der Waals surface area contributed by atoms with Gasteiger partial charge >= 0.3 is 5.97 Å². The lowest BCUT2D eigenvalue weighted by Gasteiger charge is -2.13. The Hall–Kier alpha value is -2.82. The topological polar surface area (TPSA) is 55.8 Å². The Morgan fingerprint density at radius 3 is 2.39 bits per heavy atom. The fourth-order valence-corrected chi connectivity index (χ4v) is 2.01. The van der Waals surface area contributed by atoms with E-state index in [4.69, 9.17) is 9.47 Å². The minimum Gasteiger partial charge on any atom is -0.497 e. The number of esters is 1. The highest BCUT2D eigenvalue weighted by molar-refractivity contribution is 5.99. The van der Waals surface area contributed by atoms with Crippen molar-refractivity contribution in [3.8, 4) is 5.75 Å². The second kappa shape index (κ2) is 7.45. The summed E-state index contributed by atoms with van der Waals surface area (Å²) in [7, 11) is 5.30. The molecule has 0 atom stereocenters. The molecule has 2 aromatic rings. The van der Waals surface area contributed by atoms with Crippen LogP contribution < -0.4 is 9.64 Å². The molecule has 0 spiro atoms. The number of hydrogen-bond donors (Lipinski definition) is 0. The van der Waals surface area contributed by atoms with Gasteiger partial charge in [0.1, 0.15) is 5.75 Å². The Morgan fingerprint density at radius 1 is 1.00 bits per heavy atom. The molecule has 5 nitrogen and oxygen atoms in total. The molecule has 0 aliphatic carbocycles. The molecule has 0 aliphatic rings. The smallest absolute Gasteiger partial charge is 0.338 e. The minimum absolute atomic E-state index is 0.277. The van der Waals surface area contributed by atoms with Gasteiger partial charge in [-0.1, -0.05) is 18.2 Å². The van der Waals surface area contributed by atoms with Crippen LogP contribution in [0.2, 0.25) is 0 Å². The van der Waals surface area contributed by atoms with Crippen LogP contribution in [0.3, 0.4) is 0 Å². The van der Waals surface area contributed by atoms with Gasteiger partial charge in [-0.3, -0.25) is 4.79 Å². The van der Waals surface area contributed by atoms with Crippen molar-refractivity contribution in [2.75, 3.05) is 32.7 Å². The summed E-state index contributed by atoms with van der Waals surface area (Å²) in [6.07, 6.45) is 0. The third-order valence-corrected chi connectivity index (χ3v) is 3.32. The summed E-state index contributed by atoms with van der Waals surface area (Å²) >= 11 is 0. The van der Waals surface area contributed by atoms with E-state index in [0.717, 1.165) is 5.69 Å². The molecule has 0 aliphatic heterocycles. The van der Waals surface area contributed by atoms with Crippen molar-refractivity contribution >= 4 is 17.4 Å². The van der Waals surface area contributed by atoms with E-state index in [1.165, 1.54) is 7.11 Å². The van der Waals surface area contributed by atoms with Crippen molar-refractivity contribution in [1.29, 1.82) is 0 Å². The van der Waals surface area contributed by atoms with E-state index >= 15 is 0 Å². The zero-order valence-electron chi connectivity index (χ0n) is 13.4. The van der Waals surface area contributed by atoms with Gasteiger partial charge in [0.25, 0.3) is 0 Å². The van der Waals surface area contributed by atoms with Gasteiger partial charge in [-0.15, -0.1) is 0 Å². The third kappa shape index (κ3) is 4.32. The number of methoxy groups -OCH3 is 1. The van der Waals surface area contributed by atoms with Crippen LogP contribution in [-0.2, 0) is 4.74 Å². The summed E-state index contributed by atoms with van der Waals surface area (Å²) in [5.41, 5.74) is 1.74. The van der Waals surface area contributed by atoms with Crippen molar-refractivity contribution in [1.82, 2.24) is 0 Å². The van der Waals surface area contributed by atoms with E-state index < -0.39 is 5.97 Å². The number of carbonyl (C=O) groups excluding carboxylic acids is 2. The van der Waals surface area contributed by atoms with Crippen molar-refractivity contribution in [2.45, 2.75) is 0 Å². The Bertz CT molecular complexity index is 710. The van der Waals surface area contributed by atoms with Gasteiger partial charge in [-0.05, 0) is 30.3 Å². The number of Topliss-reactive ketones (excluding diaryl/α,β-unsaturated/α-hetero) is 1. The fraction of sp³-hybridized carbons (Fsp3) is 0.222. The van der Waals surface area contributed by atoms with Crippen LogP contribution in [0.15, 0.2) is 48.5 Å². The van der Waals surface area contributed by atoms with E-state index in [2.05, 4.69) is 0 Å². The summed E-state index contributed by atoms with van der Waals surface area (Å²) < 4.78 is 10.2. The summed E-state index contributed by atoms with van der Waals surface area (Å²) in [5, 5.41) is 0. The van der Waals surface area contributed by atoms with Gasteiger partial charge in [-0.2, -0.15) is 0 Å². The highest BCUT2D eigenvalue weighted by Crippen LogP contribution is 2.15. The average Bonchev–Trinajstić information content (AvgIpc) is 2.59. The lowest BCUT2D eigenvalue weighted by molar-refractivity contribution is 0.0475. The first-order valence-corrected chi connectivity index (χ1v) is 7.13. The number of benzene rings is 2. The molecule has 0 heterocycles. The Balaban J connectivity index is 2.01. The molecule has 23 heavy (non-hydrogen) atoms. The average molecular weight is 313 g/mol. The van der Waals surface area contributed by atoms with Crippen molar-refractivity contribution in [2.24, 2.45) is 0 Å². The maximum absolute atomic E-state index is 12.1. The van der Waals surface area contributed by atoms with Gasteiger partial charge in [0, 0.05) is 25.3 Å². The normalized spacial score (nSPS) is 10.0. The molecule has 0 bridgehead atoms. The van der Waals surface area contributed by atoms with Crippen LogP contribution in [0, 0.1) is 0 Å². The van der Waals surface area contributed by atoms with Crippen LogP contribution in [0.25, 0.3) is 0 Å². The first-order valence-electron chi connectivity index (χ1n) is 7.13. The number of anilines is 1. The SMILES string of the molecule is COc1cccc(C(=O)COC(=O)c2cccc(N(C)C)c2)c1. The van der Waals surface area contributed by atoms with Gasteiger partial charge in [0.15, 0.2) is 12.4 Å². The van der Waals surface area contributed by atoms with E-state index in [9.17, 15) is 9.59 Å². The lowest BCUT2D eigenvalue weighted by Crippen LogP contribution is -2.15. The Kier molecular flexibility index (Phi) is 5.36. The van der Waals surface area contributed by atoms with Crippen molar-refractivity contribution in [3.05, 3.63) is 59.7 Å². The molecule has 2 aromatic carbocycles. The highest BCUT2D eigenvalue weighted by atomic mass is 16.5. The van der Waals surface area contributed by atoms with Crippen molar-refractivity contribution < 1.29 is 19.1 Å². The molecule has 0 saturated carbocycles. The first kappa shape index (κ1) is 16.5. The molecule has 0 unspecified atom stereocenters.